The maximum Gasteiger partial charge on any atom is 0.283 e. The van der Waals surface area contributed by atoms with Crippen LogP contribution in [0.5, 0.6) is 11.5 Å². The highest BCUT2D eigenvalue weighted by atomic mass is 79.9. The summed E-state index contributed by atoms with van der Waals surface area (Å²) >= 11 is 7.86. The maximum absolute atomic E-state index is 12.1. The summed E-state index contributed by atoms with van der Waals surface area (Å²) in [6, 6.07) is 8.75. The van der Waals surface area contributed by atoms with Gasteiger partial charge in [-0.1, -0.05) is 12.1 Å². The zero-order chi connectivity index (χ0) is 16.4. The molecular formula is C14H10Br2N2O4S. The van der Waals surface area contributed by atoms with Gasteiger partial charge < -0.3 is 9.47 Å². The van der Waals surface area contributed by atoms with E-state index in [4.69, 9.17) is 9.47 Å². The molecule has 1 aliphatic rings. The highest BCUT2D eigenvalue weighted by Gasteiger charge is 2.27. The third-order valence-corrected chi connectivity index (χ3v) is 6.22. The van der Waals surface area contributed by atoms with Gasteiger partial charge in [-0.05, 0) is 50.1 Å². The molecule has 23 heavy (non-hydrogen) atoms. The highest BCUT2D eigenvalue weighted by Crippen LogP contribution is 2.32. The molecule has 1 atom stereocenters. The van der Waals surface area contributed by atoms with Crippen molar-refractivity contribution in [2.75, 3.05) is 6.61 Å². The second kappa shape index (κ2) is 6.90. The van der Waals surface area contributed by atoms with Crippen LogP contribution in [0.3, 0.4) is 0 Å². The second-order valence-corrected chi connectivity index (χ2v) is 7.76. The number of halogens is 2. The standard InChI is InChI=1S/C14H10Br2N2O4S/c15-7-5-11(23-12(7)16)14(20)18-17-13(19)10-6-21-8-3-1-2-4-9(8)22-10/h1-5,10H,6H2,(H,17,19)(H,18,20). The fourth-order valence-electron chi connectivity index (χ4n) is 1.87. The van der Waals surface area contributed by atoms with E-state index >= 15 is 0 Å². The number of benzene rings is 1. The summed E-state index contributed by atoms with van der Waals surface area (Å²) in [5.74, 6) is 0.194. The van der Waals surface area contributed by atoms with Crippen LogP contribution in [0.2, 0.25) is 0 Å². The lowest BCUT2D eigenvalue weighted by Gasteiger charge is -2.25. The predicted octanol–water partition coefficient (Wildman–Crippen LogP) is 2.87. The first-order chi connectivity index (χ1) is 11.0. The number of carbonyl (C=O) groups excluding carboxylic acids is 2. The maximum atomic E-state index is 12.1. The van der Waals surface area contributed by atoms with Crippen LogP contribution in [-0.4, -0.2) is 24.5 Å². The van der Waals surface area contributed by atoms with Gasteiger partial charge in [0, 0.05) is 4.47 Å². The summed E-state index contributed by atoms with van der Waals surface area (Å²) in [4.78, 5) is 24.5. The van der Waals surface area contributed by atoms with Gasteiger partial charge in [0.15, 0.2) is 11.5 Å². The summed E-state index contributed by atoms with van der Waals surface area (Å²) < 4.78 is 12.6. The van der Waals surface area contributed by atoms with Crippen LogP contribution >= 0.6 is 43.2 Å². The minimum Gasteiger partial charge on any atom is -0.485 e. The smallest absolute Gasteiger partial charge is 0.283 e. The number of amides is 2. The molecule has 0 bridgehead atoms. The van der Waals surface area contributed by atoms with E-state index in [0.717, 1.165) is 8.26 Å². The van der Waals surface area contributed by atoms with E-state index in [0.29, 0.717) is 16.4 Å². The van der Waals surface area contributed by atoms with Crippen LogP contribution in [0.25, 0.3) is 0 Å². The van der Waals surface area contributed by atoms with Crippen molar-refractivity contribution in [1.29, 1.82) is 0 Å². The molecule has 0 saturated heterocycles. The molecule has 0 radical (unpaired) electrons. The first-order valence-corrected chi connectivity index (χ1v) is 8.88. The third-order valence-electron chi connectivity index (χ3n) is 2.97. The zero-order valence-electron chi connectivity index (χ0n) is 11.5. The number of rotatable bonds is 2. The molecule has 120 valence electrons. The molecule has 2 N–H and O–H groups in total. The minimum atomic E-state index is -0.827. The number of hydrazine groups is 1. The quantitative estimate of drug-likeness (QED) is 0.674. The summed E-state index contributed by atoms with van der Waals surface area (Å²) in [6.45, 7) is 0.0782. The number of ether oxygens (including phenoxy) is 2. The normalized spacial score (nSPS) is 15.8. The number of hydrogen-bond acceptors (Lipinski definition) is 5. The molecule has 9 heteroatoms. The van der Waals surface area contributed by atoms with E-state index in [-0.39, 0.29) is 6.61 Å². The van der Waals surface area contributed by atoms with E-state index in [1.54, 1.807) is 24.3 Å². The lowest BCUT2D eigenvalue weighted by molar-refractivity contribution is -0.131. The first kappa shape index (κ1) is 16.3. The van der Waals surface area contributed by atoms with E-state index < -0.39 is 17.9 Å². The topological polar surface area (TPSA) is 76.7 Å². The fourth-order valence-corrected chi connectivity index (χ4v) is 3.80. The number of para-hydroxylation sites is 2. The molecule has 2 aromatic rings. The predicted molar refractivity (Wildman–Crippen MR) is 91.7 cm³/mol. The second-order valence-electron chi connectivity index (χ2n) is 4.54. The van der Waals surface area contributed by atoms with Gasteiger partial charge in [-0.3, -0.25) is 20.4 Å². The molecule has 1 aromatic heterocycles. The molecule has 1 aliphatic heterocycles. The van der Waals surface area contributed by atoms with Gasteiger partial charge in [-0.15, -0.1) is 11.3 Å². The van der Waals surface area contributed by atoms with E-state index in [2.05, 4.69) is 42.7 Å². The van der Waals surface area contributed by atoms with Crippen molar-refractivity contribution in [3.05, 3.63) is 43.5 Å². The molecule has 0 saturated carbocycles. The van der Waals surface area contributed by atoms with Crippen molar-refractivity contribution >= 4 is 55.0 Å². The van der Waals surface area contributed by atoms with Crippen LogP contribution in [0, 0.1) is 0 Å². The Labute approximate surface area is 152 Å². The fraction of sp³-hybridized carbons (Fsp3) is 0.143. The summed E-state index contributed by atoms with van der Waals surface area (Å²) in [5, 5.41) is 0. The molecule has 6 nitrogen and oxygen atoms in total. The zero-order valence-corrected chi connectivity index (χ0v) is 15.5. The molecule has 0 fully saturated rings. The molecule has 2 heterocycles. The van der Waals surface area contributed by atoms with Crippen LogP contribution in [0.15, 0.2) is 38.6 Å². The number of nitrogens with one attached hydrogen (secondary N) is 2. The Kier molecular flexibility index (Phi) is 4.88. The van der Waals surface area contributed by atoms with Crippen molar-refractivity contribution in [3.8, 4) is 11.5 Å². The molecule has 3 rings (SSSR count). The van der Waals surface area contributed by atoms with E-state index in [9.17, 15) is 9.59 Å². The van der Waals surface area contributed by atoms with Crippen molar-refractivity contribution in [2.24, 2.45) is 0 Å². The van der Waals surface area contributed by atoms with Gasteiger partial charge in [-0.2, -0.15) is 0 Å². The largest absolute Gasteiger partial charge is 0.485 e. The lowest BCUT2D eigenvalue weighted by atomic mass is 10.2. The van der Waals surface area contributed by atoms with Crippen molar-refractivity contribution < 1.29 is 19.1 Å². The average Bonchev–Trinajstić information content (AvgIpc) is 2.91. The molecule has 0 spiro atoms. The summed E-state index contributed by atoms with van der Waals surface area (Å²) in [6.07, 6.45) is -0.827. The summed E-state index contributed by atoms with van der Waals surface area (Å²) in [5.41, 5.74) is 4.70. The van der Waals surface area contributed by atoms with Crippen LogP contribution < -0.4 is 20.3 Å². The molecule has 0 aliphatic carbocycles. The molecule has 1 aromatic carbocycles. The number of fused-ring (bicyclic) bond motifs is 1. The van der Waals surface area contributed by atoms with E-state index in [1.165, 1.54) is 11.3 Å². The van der Waals surface area contributed by atoms with Crippen molar-refractivity contribution in [3.63, 3.8) is 0 Å². The lowest BCUT2D eigenvalue weighted by Crippen LogP contribution is -2.50. The number of thiophene rings is 1. The van der Waals surface area contributed by atoms with Crippen LogP contribution in [-0.2, 0) is 4.79 Å². The van der Waals surface area contributed by atoms with Gasteiger partial charge in [0.2, 0.25) is 6.10 Å². The van der Waals surface area contributed by atoms with Crippen LogP contribution in [0.4, 0.5) is 0 Å². The first-order valence-electron chi connectivity index (χ1n) is 6.48. The third kappa shape index (κ3) is 3.67. The van der Waals surface area contributed by atoms with Crippen LogP contribution in [0.1, 0.15) is 9.67 Å². The Morgan fingerprint density at radius 2 is 1.91 bits per heavy atom. The minimum absolute atomic E-state index is 0.0782. The SMILES string of the molecule is O=C(NNC(=O)C1COc2ccccc2O1)c1cc(Br)c(Br)s1. The Balaban J connectivity index is 1.57. The molecule has 2 amide bonds. The van der Waals surface area contributed by atoms with Gasteiger partial charge in [0.1, 0.15) is 6.61 Å². The monoisotopic (exact) mass is 460 g/mol. The Morgan fingerprint density at radius 1 is 1.17 bits per heavy atom. The number of hydrogen-bond donors (Lipinski definition) is 2. The van der Waals surface area contributed by atoms with Gasteiger partial charge in [0.25, 0.3) is 11.8 Å². The molecule has 1 unspecified atom stereocenters. The average molecular weight is 462 g/mol. The summed E-state index contributed by atoms with van der Waals surface area (Å²) in [7, 11) is 0. The van der Waals surface area contributed by atoms with Crippen molar-refractivity contribution in [1.82, 2.24) is 10.9 Å². The molecular weight excluding hydrogens is 452 g/mol. The Hall–Kier alpha value is -1.58. The van der Waals surface area contributed by atoms with Gasteiger partial charge in [0.05, 0.1) is 8.66 Å². The number of carbonyl (C=O) groups is 2. The Bertz CT molecular complexity index is 745. The van der Waals surface area contributed by atoms with Gasteiger partial charge >= 0.3 is 0 Å². The van der Waals surface area contributed by atoms with Crippen molar-refractivity contribution in [2.45, 2.75) is 6.10 Å². The van der Waals surface area contributed by atoms with E-state index in [1.807, 2.05) is 6.07 Å². The van der Waals surface area contributed by atoms with Gasteiger partial charge in [-0.25, -0.2) is 0 Å². The highest BCUT2D eigenvalue weighted by molar-refractivity contribution is 9.13. The Morgan fingerprint density at radius 3 is 2.61 bits per heavy atom.